The van der Waals surface area contributed by atoms with Crippen LogP contribution in [0.4, 0.5) is 0 Å². The molecule has 6 nitrogen and oxygen atoms in total. The lowest BCUT2D eigenvalue weighted by Crippen LogP contribution is -2.55. The van der Waals surface area contributed by atoms with E-state index >= 15 is 0 Å². The number of aliphatic hydroxyl groups is 1. The molecule has 2 aliphatic rings. The zero-order chi connectivity index (χ0) is 18.2. The van der Waals surface area contributed by atoms with Crippen molar-refractivity contribution in [1.29, 1.82) is 0 Å². The van der Waals surface area contributed by atoms with Gasteiger partial charge in [0.25, 0.3) is 5.91 Å². The molecular weight excluding hydrogens is 318 g/mol. The van der Waals surface area contributed by atoms with Gasteiger partial charge in [-0.1, -0.05) is 13.8 Å². The molecule has 1 unspecified atom stereocenters. The third-order valence-corrected chi connectivity index (χ3v) is 5.09. The van der Waals surface area contributed by atoms with Crippen molar-refractivity contribution in [2.75, 3.05) is 19.7 Å². The Kier molecular flexibility index (Phi) is 5.21. The molecule has 1 amide bonds. The number of carbonyl (C=O) groups excluding carboxylic acids is 1. The summed E-state index contributed by atoms with van der Waals surface area (Å²) in [5.41, 5.74) is 1.28. The number of nitrogens with zero attached hydrogens (tertiary/aromatic N) is 3. The Labute approximate surface area is 150 Å². The van der Waals surface area contributed by atoms with E-state index in [4.69, 9.17) is 9.72 Å². The Balaban J connectivity index is 1.91. The molecule has 0 radical (unpaired) electrons. The van der Waals surface area contributed by atoms with E-state index in [1.165, 1.54) is 0 Å². The summed E-state index contributed by atoms with van der Waals surface area (Å²) in [7, 11) is 0. The van der Waals surface area contributed by atoms with Gasteiger partial charge < -0.3 is 19.3 Å². The van der Waals surface area contributed by atoms with E-state index < -0.39 is 5.60 Å². The van der Waals surface area contributed by atoms with Crippen molar-refractivity contribution in [2.45, 2.75) is 77.5 Å². The minimum atomic E-state index is -0.412. The fourth-order valence-corrected chi connectivity index (χ4v) is 4.14. The molecular formula is C19H31N3O3. The standard InChI is InChI=1S/C19H31N3O3/c1-13(2)17-16(20-15-7-5-6-9-22(15)17)18(24)21-11-14(8-10-23)25-19(3,4)12-21/h13-14,23H,5-12H2,1-4H3. The van der Waals surface area contributed by atoms with Crippen molar-refractivity contribution < 1.29 is 14.6 Å². The Bertz CT molecular complexity index is 636. The maximum absolute atomic E-state index is 13.3. The van der Waals surface area contributed by atoms with E-state index in [1.807, 2.05) is 18.7 Å². The number of rotatable bonds is 4. The second-order valence-corrected chi connectivity index (χ2v) is 8.22. The molecule has 1 fully saturated rings. The lowest BCUT2D eigenvalue weighted by molar-refractivity contribution is -0.131. The summed E-state index contributed by atoms with van der Waals surface area (Å²) in [4.78, 5) is 19.9. The third kappa shape index (κ3) is 3.75. The van der Waals surface area contributed by atoms with E-state index in [1.54, 1.807) is 0 Å². The maximum Gasteiger partial charge on any atom is 0.274 e. The smallest absolute Gasteiger partial charge is 0.274 e. The van der Waals surface area contributed by atoms with Crippen molar-refractivity contribution in [3.8, 4) is 0 Å². The van der Waals surface area contributed by atoms with E-state index in [2.05, 4.69) is 18.4 Å². The molecule has 6 heteroatoms. The maximum atomic E-state index is 13.3. The molecule has 1 aromatic rings. The topological polar surface area (TPSA) is 67.6 Å². The first-order valence-electron chi connectivity index (χ1n) is 9.49. The molecule has 1 saturated heterocycles. The molecule has 0 aromatic carbocycles. The van der Waals surface area contributed by atoms with Gasteiger partial charge in [0.05, 0.1) is 17.4 Å². The molecule has 1 atom stereocenters. The number of fused-ring (bicyclic) bond motifs is 1. The average molecular weight is 349 g/mol. The summed E-state index contributed by atoms with van der Waals surface area (Å²) in [6, 6.07) is 0. The van der Waals surface area contributed by atoms with Gasteiger partial charge >= 0.3 is 0 Å². The first kappa shape index (κ1) is 18.4. The normalized spacial score (nSPS) is 23.0. The van der Waals surface area contributed by atoms with Crippen molar-refractivity contribution >= 4 is 5.91 Å². The molecule has 0 saturated carbocycles. The molecule has 0 bridgehead atoms. The number of hydrogen-bond acceptors (Lipinski definition) is 4. The fraction of sp³-hybridized carbons (Fsp3) is 0.789. The Hall–Kier alpha value is -1.40. The molecule has 3 rings (SSSR count). The third-order valence-electron chi connectivity index (χ3n) is 5.09. The largest absolute Gasteiger partial charge is 0.396 e. The van der Waals surface area contributed by atoms with Gasteiger partial charge in [-0.2, -0.15) is 0 Å². The monoisotopic (exact) mass is 349 g/mol. The summed E-state index contributed by atoms with van der Waals surface area (Å²) in [6.07, 6.45) is 3.67. The number of carbonyl (C=O) groups is 1. The van der Waals surface area contributed by atoms with Gasteiger partial charge in [-0.05, 0) is 39.0 Å². The van der Waals surface area contributed by atoms with Crippen LogP contribution in [0.1, 0.15) is 74.9 Å². The van der Waals surface area contributed by atoms with Gasteiger partial charge in [-0.3, -0.25) is 4.79 Å². The lowest BCUT2D eigenvalue weighted by atomic mass is 10.0. The number of aromatic nitrogens is 2. The molecule has 0 aliphatic carbocycles. The van der Waals surface area contributed by atoms with Crippen molar-refractivity contribution in [1.82, 2.24) is 14.5 Å². The number of imidazole rings is 1. The zero-order valence-electron chi connectivity index (χ0n) is 15.9. The molecule has 140 valence electrons. The van der Waals surface area contributed by atoms with Gasteiger partial charge in [-0.15, -0.1) is 0 Å². The van der Waals surface area contributed by atoms with Crippen molar-refractivity contribution in [3.63, 3.8) is 0 Å². The van der Waals surface area contributed by atoms with Gasteiger partial charge in [-0.25, -0.2) is 4.98 Å². The van der Waals surface area contributed by atoms with Crippen LogP contribution in [0.5, 0.6) is 0 Å². The molecule has 1 N–H and O–H groups in total. The van der Waals surface area contributed by atoms with Crippen LogP contribution in [-0.2, 0) is 17.7 Å². The van der Waals surface area contributed by atoms with Crippen LogP contribution >= 0.6 is 0 Å². The van der Waals surface area contributed by atoms with Crippen LogP contribution in [0.25, 0.3) is 0 Å². The van der Waals surface area contributed by atoms with Crippen LogP contribution < -0.4 is 0 Å². The quantitative estimate of drug-likeness (QED) is 0.906. The highest BCUT2D eigenvalue weighted by Gasteiger charge is 2.38. The van der Waals surface area contributed by atoms with Crippen LogP contribution in [0.15, 0.2) is 0 Å². The number of aliphatic hydroxyl groups excluding tert-OH is 1. The van der Waals surface area contributed by atoms with Crippen LogP contribution in [-0.4, -0.2) is 56.9 Å². The summed E-state index contributed by atoms with van der Waals surface area (Å²) >= 11 is 0. The predicted molar refractivity (Wildman–Crippen MR) is 95.8 cm³/mol. The average Bonchev–Trinajstić information content (AvgIpc) is 2.92. The number of morpholine rings is 1. The van der Waals surface area contributed by atoms with Crippen molar-refractivity contribution in [2.24, 2.45) is 0 Å². The Morgan fingerprint density at radius 1 is 1.40 bits per heavy atom. The molecule has 0 spiro atoms. The summed E-state index contributed by atoms with van der Waals surface area (Å²) in [5.74, 6) is 1.32. The number of amides is 1. The van der Waals surface area contributed by atoms with E-state index in [0.717, 1.165) is 37.3 Å². The first-order valence-corrected chi connectivity index (χ1v) is 9.49. The molecule has 1 aromatic heterocycles. The Morgan fingerprint density at radius 2 is 2.16 bits per heavy atom. The van der Waals surface area contributed by atoms with Crippen LogP contribution in [0.3, 0.4) is 0 Å². The highest BCUT2D eigenvalue weighted by molar-refractivity contribution is 5.94. The lowest BCUT2D eigenvalue weighted by Gasteiger charge is -2.42. The molecule has 2 aliphatic heterocycles. The highest BCUT2D eigenvalue weighted by atomic mass is 16.5. The second-order valence-electron chi connectivity index (χ2n) is 8.22. The SMILES string of the molecule is CC(C)c1c(C(=O)N2CC(CCO)OC(C)(C)C2)nc2n1CCCC2. The van der Waals surface area contributed by atoms with Crippen LogP contribution in [0.2, 0.25) is 0 Å². The van der Waals surface area contributed by atoms with Crippen molar-refractivity contribution in [3.05, 3.63) is 17.2 Å². The minimum Gasteiger partial charge on any atom is -0.396 e. The van der Waals surface area contributed by atoms with E-state index in [-0.39, 0.29) is 24.5 Å². The van der Waals surface area contributed by atoms with Gasteiger partial charge in [0.1, 0.15) is 11.5 Å². The van der Waals surface area contributed by atoms with Gasteiger partial charge in [0, 0.05) is 32.7 Å². The van der Waals surface area contributed by atoms with Gasteiger partial charge in [0.15, 0.2) is 0 Å². The number of aryl methyl sites for hydroxylation is 1. The predicted octanol–water partition coefficient (Wildman–Crippen LogP) is 2.34. The first-order chi connectivity index (χ1) is 11.8. The summed E-state index contributed by atoms with van der Waals surface area (Å²) in [5, 5.41) is 9.26. The van der Waals surface area contributed by atoms with Gasteiger partial charge in [0.2, 0.25) is 0 Å². The molecule has 3 heterocycles. The number of hydrogen-bond donors (Lipinski definition) is 1. The fourth-order valence-electron chi connectivity index (χ4n) is 4.14. The summed E-state index contributed by atoms with van der Waals surface area (Å²) in [6.45, 7) is 10.4. The zero-order valence-corrected chi connectivity index (χ0v) is 15.9. The highest BCUT2D eigenvalue weighted by Crippen LogP contribution is 2.29. The summed E-state index contributed by atoms with van der Waals surface area (Å²) < 4.78 is 8.27. The second kappa shape index (κ2) is 7.08. The number of ether oxygens (including phenoxy) is 1. The Morgan fingerprint density at radius 3 is 2.84 bits per heavy atom. The minimum absolute atomic E-state index is 0.00455. The van der Waals surface area contributed by atoms with Crippen LogP contribution in [0, 0.1) is 0 Å². The van der Waals surface area contributed by atoms with E-state index in [9.17, 15) is 9.90 Å². The molecule has 25 heavy (non-hydrogen) atoms. The van der Waals surface area contributed by atoms with E-state index in [0.29, 0.717) is 25.2 Å².